The van der Waals surface area contributed by atoms with Crippen molar-refractivity contribution in [3.05, 3.63) is 67.4 Å². The standard InChI is InChI=1S/C18H3Br11/c19-6-3-4(7-9(20)13(24)17(28)14(25)10(7)21)1-2-5(6)8-11(22)15(26)18(29)16(27)12(8)23/h1-3H. The largest absolute Gasteiger partial charge is 0.0536 e. The summed E-state index contributed by atoms with van der Waals surface area (Å²) in [6.07, 6.45) is 0. The first-order valence-electron chi connectivity index (χ1n) is 7.32. The van der Waals surface area contributed by atoms with Crippen molar-refractivity contribution in [2.45, 2.75) is 0 Å². The first-order chi connectivity index (χ1) is 13.5. The molecule has 0 aromatic heterocycles. The monoisotopic (exact) mass is 1090 g/mol. The predicted molar refractivity (Wildman–Crippen MR) is 162 cm³/mol. The van der Waals surface area contributed by atoms with Gasteiger partial charge in [0.2, 0.25) is 0 Å². The number of benzene rings is 3. The molecule has 0 radical (unpaired) electrons. The van der Waals surface area contributed by atoms with Gasteiger partial charge in [-0.15, -0.1) is 0 Å². The summed E-state index contributed by atoms with van der Waals surface area (Å²) in [6, 6.07) is 6.30. The van der Waals surface area contributed by atoms with Gasteiger partial charge in [0.05, 0.1) is 0 Å². The fourth-order valence-corrected chi connectivity index (χ4v) is 10.1. The summed E-state index contributed by atoms with van der Waals surface area (Å²) in [5, 5.41) is 0. The highest BCUT2D eigenvalue weighted by atomic mass is 79.9. The molecule has 152 valence electrons. The van der Waals surface area contributed by atoms with E-state index in [1.165, 1.54) is 0 Å². The molecule has 0 atom stereocenters. The summed E-state index contributed by atoms with van der Waals surface area (Å²) < 4.78 is 10.4. The molecule has 0 aliphatic heterocycles. The molecular weight excluding hydrogens is 1100 g/mol. The van der Waals surface area contributed by atoms with Crippen LogP contribution in [0.5, 0.6) is 0 Å². The molecule has 0 saturated heterocycles. The van der Waals surface area contributed by atoms with E-state index in [1.807, 2.05) is 0 Å². The molecule has 0 bridgehead atoms. The second-order valence-electron chi connectivity index (χ2n) is 5.58. The van der Waals surface area contributed by atoms with Gasteiger partial charge in [0.25, 0.3) is 0 Å². The molecule has 0 amide bonds. The third kappa shape index (κ3) is 5.01. The molecule has 3 rings (SSSR count). The van der Waals surface area contributed by atoms with Gasteiger partial charge in [-0.05, 0) is 176 Å². The van der Waals surface area contributed by atoms with Gasteiger partial charge in [0.15, 0.2) is 0 Å². The average Bonchev–Trinajstić information content (AvgIpc) is 2.69. The quantitative estimate of drug-likeness (QED) is 0.177. The Balaban J connectivity index is 2.26. The van der Waals surface area contributed by atoms with Crippen LogP contribution >= 0.6 is 175 Å². The van der Waals surface area contributed by atoms with Crippen LogP contribution in [0.4, 0.5) is 0 Å². The van der Waals surface area contributed by atoms with E-state index >= 15 is 0 Å². The van der Waals surface area contributed by atoms with Crippen molar-refractivity contribution >= 4 is 175 Å². The molecule has 0 saturated carbocycles. The Hall–Kier alpha value is 2.94. The van der Waals surface area contributed by atoms with E-state index in [1.54, 1.807) is 0 Å². The van der Waals surface area contributed by atoms with E-state index in [9.17, 15) is 0 Å². The van der Waals surface area contributed by atoms with Crippen LogP contribution < -0.4 is 0 Å². The van der Waals surface area contributed by atoms with E-state index in [0.717, 1.165) is 71.5 Å². The summed E-state index contributed by atoms with van der Waals surface area (Å²) in [5.41, 5.74) is 4.16. The zero-order valence-corrected chi connectivity index (χ0v) is 30.8. The number of hydrogen-bond acceptors (Lipinski definition) is 0. The van der Waals surface area contributed by atoms with E-state index in [0.29, 0.717) is 0 Å². The molecular formula is C18H3Br11. The van der Waals surface area contributed by atoms with Crippen molar-refractivity contribution in [3.63, 3.8) is 0 Å². The van der Waals surface area contributed by atoms with Crippen molar-refractivity contribution in [3.8, 4) is 22.3 Å². The van der Waals surface area contributed by atoms with Crippen molar-refractivity contribution in [2.75, 3.05) is 0 Å². The molecule has 29 heavy (non-hydrogen) atoms. The molecule has 0 nitrogen and oxygen atoms in total. The van der Waals surface area contributed by atoms with Crippen molar-refractivity contribution in [1.29, 1.82) is 0 Å². The lowest BCUT2D eigenvalue weighted by molar-refractivity contribution is 1.42. The van der Waals surface area contributed by atoms with Gasteiger partial charge in [-0.1, -0.05) is 28.1 Å². The second-order valence-corrected chi connectivity index (χ2v) is 14.4. The lowest BCUT2D eigenvalue weighted by atomic mass is 10.0. The van der Waals surface area contributed by atoms with Crippen LogP contribution in [0.1, 0.15) is 0 Å². The van der Waals surface area contributed by atoms with Gasteiger partial charge >= 0.3 is 0 Å². The fourth-order valence-electron chi connectivity index (χ4n) is 2.57. The summed E-state index contributed by atoms with van der Waals surface area (Å²) >= 11 is 40.4. The second kappa shape index (κ2) is 10.7. The van der Waals surface area contributed by atoms with Crippen molar-refractivity contribution < 1.29 is 0 Å². The Labute approximate surface area is 260 Å². The predicted octanol–water partition coefficient (Wildman–Crippen LogP) is 13.4. The molecule has 11 heteroatoms. The highest BCUT2D eigenvalue weighted by Gasteiger charge is 2.22. The Morgan fingerprint density at radius 3 is 1.10 bits per heavy atom. The Kier molecular flexibility index (Phi) is 9.78. The molecule has 0 spiro atoms. The first kappa shape index (κ1) is 26.5. The summed E-state index contributed by atoms with van der Waals surface area (Å²) in [5.74, 6) is 0. The molecule has 0 heterocycles. The van der Waals surface area contributed by atoms with Crippen LogP contribution in [0.25, 0.3) is 22.3 Å². The van der Waals surface area contributed by atoms with E-state index < -0.39 is 0 Å². The minimum atomic E-state index is 0.935. The zero-order valence-electron chi connectivity index (χ0n) is 13.4. The van der Waals surface area contributed by atoms with E-state index in [2.05, 4.69) is 193 Å². The minimum absolute atomic E-state index is 0.935. The molecule has 3 aromatic carbocycles. The molecule has 0 aliphatic carbocycles. The van der Waals surface area contributed by atoms with Crippen molar-refractivity contribution in [1.82, 2.24) is 0 Å². The van der Waals surface area contributed by atoms with Crippen LogP contribution in [0, 0.1) is 0 Å². The lowest BCUT2D eigenvalue weighted by Crippen LogP contribution is -1.92. The number of hydrogen-bond donors (Lipinski definition) is 0. The Morgan fingerprint density at radius 1 is 0.379 bits per heavy atom. The van der Waals surface area contributed by atoms with Gasteiger partial charge in [0.1, 0.15) is 0 Å². The molecule has 0 unspecified atom stereocenters. The van der Waals surface area contributed by atoms with Gasteiger partial charge in [-0.25, -0.2) is 0 Å². The van der Waals surface area contributed by atoms with Crippen molar-refractivity contribution in [2.24, 2.45) is 0 Å². The van der Waals surface area contributed by atoms with Crippen LogP contribution in [-0.4, -0.2) is 0 Å². The summed E-state index contributed by atoms with van der Waals surface area (Å²) in [7, 11) is 0. The van der Waals surface area contributed by atoms with Gasteiger partial charge in [0, 0.05) is 60.3 Å². The van der Waals surface area contributed by atoms with Gasteiger partial charge in [-0.2, -0.15) is 0 Å². The molecule has 0 fully saturated rings. The summed E-state index contributed by atoms with van der Waals surface area (Å²) in [6.45, 7) is 0. The van der Waals surface area contributed by atoms with E-state index in [-0.39, 0.29) is 0 Å². The molecule has 0 aliphatic rings. The SMILES string of the molecule is Brc1cc(-c2c(Br)c(Br)c(Br)c(Br)c2Br)ccc1-c1c(Br)c(Br)c(Br)c(Br)c1Br. The topological polar surface area (TPSA) is 0 Å². The maximum Gasteiger partial charge on any atom is 0.0482 e. The Morgan fingerprint density at radius 2 is 0.724 bits per heavy atom. The Bertz CT molecular complexity index is 1110. The third-order valence-corrected chi connectivity index (χ3v) is 16.8. The number of rotatable bonds is 2. The normalized spacial score (nSPS) is 11.3. The maximum absolute atomic E-state index is 3.77. The highest BCUT2D eigenvalue weighted by molar-refractivity contribution is 9.16. The minimum Gasteiger partial charge on any atom is -0.0536 e. The lowest BCUT2D eigenvalue weighted by Gasteiger charge is -2.17. The fraction of sp³-hybridized carbons (Fsp3) is 0. The first-order valence-corrected chi connectivity index (χ1v) is 16.0. The van der Waals surface area contributed by atoms with Crippen LogP contribution in [0.3, 0.4) is 0 Å². The van der Waals surface area contributed by atoms with Crippen LogP contribution in [-0.2, 0) is 0 Å². The van der Waals surface area contributed by atoms with Gasteiger partial charge < -0.3 is 0 Å². The third-order valence-electron chi connectivity index (χ3n) is 3.95. The highest BCUT2D eigenvalue weighted by Crippen LogP contribution is 2.52. The smallest absolute Gasteiger partial charge is 0.0482 e. The average molecular weight is 1100 g/mol. The van der Waals surface area contributed by atoms with Gasteiger partial charge in [-0.3, -0.25) is 0 Å². The maximum atomic E-state index is 3.77. The van der Waals surface area contributed by atoms with Crippen LogP contribution in [0.15, 0.2) is 67.4 Å². The van der Waals surface area contributed by atoms with E-state index in [4.69, 9.17) is 0 Å². The zero-order chi connectivity index (χ0) is 21.8. The summed E-state index contributed by atoms with van der Waals surface area (Å²) in [4.78, 5) is 0. The molecule has 0 N–H and O–H groups in total. The van der Waals surface area contributed by atoms with Crippen LogP contribution in [0.2, 0.25) is 0 Å². The molecule has 3 aromatic rings. The number of halogens is 11.